The number of amides is 4. The minimum absolute atomic E-state index is 0.170. The molecule has 2 aromatic rings. The second kappa shape index (κ2) is 7.74. The van der Waals surface area contributed by atoms with Crippen LogP contribution in [0.1, 0.15) is 27.6 Å². The predicted octanol–water partition coefficient (Wildman–Crippen LogP) is 1.84. The van der Waals surface area contributed by atoms with E-state index >= 15 is 0 Å². The van der Waals surface area contributed by atoms with E-state index in [9.17, 15) is 32.3 Å². The Morgan fingerprint density at radius 1 is 0.966 bits per heavy atom. The van der Waals surface area contributed by atoms with E-state index in [4.69, 9.17) is 0 Å². The number of carbonyl (C=O) groups excluding carboxylic acids is 4. The van der Waals surface area contributed by atoms with Crippen LogP contribution in [0.3, 0.4) is 0 Å². The summed E-state index contributed by atoms with van der Waals surface area (Å²) in [5.41, 5.74) is -0.260. The second-order valence-electron chi connectivity index (χ2n) is 6.19. The number of halogens is 3. The summed E-state index contributed by atoms with van der Waals surface area (Å²) in [7, 11) is 0. The highest BCUT2D eigenvalue weighted by molar-refractivity contribution is 6.22. The molecule has 3 rings (SSSR count). The number of nitrogens with one attached hydrogen (secondary N) is 2. The Labute approximate surface area is 162 Å². The molecule has 150 valence electrons. The van der Waals surface area contributed by atoms with Gasteiger partial charge in [-0.3, -0.25) is 24.1 Å². The molecule has 1 aliphatic rings. The van der Waals surface area contributed by atoms with Crippen molar-refractivity contribution in [3.8, 4) is 0 Å². The Morgan fingerprint density at radius 3 is 2.14 bits per heavy atom. The Balaban J connectivity index is 1.61. The summed E-state index contributed by atoms with van der Waals surface area (Å²) in [6.07, 6.45) is 0. The zero-order valence-electron chi connectivity index (χ0n) is 15.0. The van der Waals surface area contributed by atoms with Gasteiger partial charge in [0, 0.05) is 0 Å². The molecule has 4 amide bonds. The van der Waals surface area contributed by atoms with E-state index in [0.717, 1.165) is 11.0 Å². The highest BCUT2D eigenvalue weighted by Crippen LogP contribution is 2.24. The molecule has 10 heteroatoms. The van der Waals surface area contributed by atoms with E-state index in [-0.39, 0.29) is 11.1 Å². The molecule has 1 heterocycles. The largest absolute Gasteiger partial charge is 0.345 e. The number of benzene rings is 2. The van der Waals surface area contributed by atoms with Gasteiger partial charge in [0.05, 0.1) is 23.4 Å². The molecule has 2 N–H and O–H groups in total. The first-order valence-electron chi connectivity index (χ1n) is 8.40. The number of imide groups is 1. The van der Waals surface area contributed by atoms with Gasteiger partial charge >= 0.3 is 0 Å². The van der Waals surface area contributed by atoms with Crippen LogP contribution < -0.4 is 10.6 Å². The molecular formula is C19H14F3N3O4. The third-order valence-electron chi connectivity index (χ3n) is 4.32. The fraction of sp³-hybridized carbons (Fsp3) is 0.158. The van der Waals surface area contributed by atoms with Crippen molar-refractivity contribution in [3.63, 3.8) is 0 Å². The van der Waals surface area contributed by atoms with Crippen molar-refractivity contribution in [3.05, 3.63) is 65.0 Å². The molecule has 0 spiro atoms. The molecule has 0 saturated carbocycles. The van der Waals surface area contributed by atoms with Crippen molar-refractivity contribution < 1.29 is 32.3 Å². The fourth-order valence-corrected chi connectivity index (χ4v) is 2.81. The monoisotopic (exact) mass is 405 g/mol. The van der Waals surface area contributed by atoms with Crippen LogP contribution in [0.15, 0.2) is 36.4 Å². The first-order valence-corrected chi connectivity index (χ1v) is 8.40. The Morgan fingerprint density at radius 2 is 1.55 bits per heavy atom. The summed E-state index contributed by atoms with van der Waals surface area (Å²) in [5.74, 6) is -7.74. The lowest BCUT2D eigenvalue weighted by molar-refractivity contribution is -0.126. The van der Waals surface area contributed by atoms with Crippen LogP contribution in [0.25, 0.3) is 0 Å². The topological polar surface area (TPSA) is 95.6 Å². The average molecular weight is 405 g/mol. The van der Waals surface area contributed by atoms with Crippen molar-refractivity contribution in [2.75, 3.05) is 11.9 Å². The minimum atomic E-state index is -1.74. The minimum Gasteiger partial charge on any atom is -0.345 e. The fourth-order valence-electron chi connectivity index (χ4n) is 2.81. The quantitative estimate of drug-likeness (QED) is 0.586. The number of carbonyl (C=O) groups is 4. The summed E-state index contributed by atoms with van der Waals surface area (Å²) in [4.78, 5) is 49.6. The van der Waals surface area contributed by atoms with Gasteiger partial charge in [-0.15, -0.1) is 0 Å². The Kier molecular flexibility index (Phi) is 5.35. The van der Waals surface area contributed by atoms with Gasteiger partial charge in [0.25, 0.3) is 11.8 Å². The predicted molar refractivity (Wildman–Crippen MR) is 94.4 cm³/mol. The van der Waals surface area contributed by atoms with Gasteiger partial charge in [0.1, 0.15) is 6.04 Å². The van der Waals surface area contributed by atoms with E-state index in [1.807, 2.05) is 5.32 Å². The van der Waals surface area contributed by atoms with Crippen LogP contribution >= 0.6 is 0 Å². The molecule has 0 radical (unpaired) electrons. The van der Waals surface area contributed by atoms with E-state index in [1.54, 1.807) is 12.1 Å². The maximum atomic E-state index is 13.6. The number of anilines is 1. The van der Waals surface area contributed by atoms with Crippen LogP contribution in [0, 0.1) is 17.5 Å². The zero-order valence-corrected chi connectivity index (χ0v) is 15.0. The lowest BCUT2D eigenvalue weighted by Crippen LogP contribution is -2.49. The summed E-state index contributed by atoms with van der Waals surface area (Å²) in [6, 6.07) is 6.34. The molecule has 1 atom stereocenters. The van der Waals surface area contributed by atoms with Crippen molar-refractivity contribution >= 4 is 29.3 Å². The summed E-state index contributed by atoms with van der Waals surface area (Å²) in [5, 5.41) is 4.20. The lowest BCUT2D eigenvalue weighted by Gasteiger charge is -2.21. The van der Waals surface area contributed by atoms with Gasteiger partial charge < -0.3 is 10.6 Å². The maximum Gasteiger partial charge on any atom is 0.262 e. The molecule has 0 saturated heterocycles. The summed E-state index contributed by atoms with van der Waals surface area (Å²) < 4.78 is 39.7. The highest BCUT2D eigenvalue weighted by atomic mass is 19.2. The number of nitrogens with zero attached hydrogens (tertiary/aromatic N) is 1. The standard InChI is InChI=1S/C19H14F3N3O4/c1-9(25-18(28)10-4-2-3-5-11(10)19(25)29)17(27)23-8-14(26)24-13-7-6-12(20)15(21)16(13)22/h2-7,9H,8H2,1H3,(H,23,27)(H,24,26)/t9-/m1/s1. The van der Waals surface area contributed by atoms with E-state index in [1.165, 1.54) is 19.1 Å². The SMILES string of the molecule is C[C@H](C(=O)NCC(=O)Nc1ccc(F)c(F)c1F)N1C(=O)c2ccccc2C1=O. The molecule has 1 aliphatic heterocycles. The van der Waals surface area contributed by atoms with Crippen molar-refractivity contribution in [2.24, 2.45) is 0 Å². The van der Waals surface area contributed by atoms with Gasteiger partial charge in [-0.1, -0.05) is 12.1 Å². The number of fused-ring (bicyclic) bond motifs is 1. The third-order valence-corrected chi connectivity index (χ3v) is 4.32. The first-order chi connectivity index (χ1) is 13.7. The van der Waals surface area contributed by atoms with E-state index < -0.39 is 59.4 Å². The van der Waals surface area contributed by atoms with Crippen LogP contribution in [0.5, 0.6) is 0 Å². The smallest absolute Gasteiger partial charge is 0.262 e. The summed E-state index contributed by atoms with van der Waals surface area (Å²) in [6.45, 7) is 0.661. The van der Waals surface area contributed by atoms with Gasteiger partial charge in [0.2, 0.25) is 11.8 Å². The van der Waals surface area contributed by atoms with E-state index in [0.29, 0.717) is 6.07 Å². The molecule has 0 aliphatic carbocycles. The third kappa shape index (κ3) is 3.68. The summed E-state index contributed by atoms with van der Waals surface area (Å²) >= 11 is 0. The van der Waals surface area contributed by atoms with Crippen LogP contribution in [-0.2, 0) is 9.59 Å². The molecule has 0 unspecified atom stereocenters. The van der Waals surface area contributed by atoms with Crippen molar-refractivity contribution in [2.45, 2.75) is 13.0 Å². The molecule has 2 aromatic carbocycles. The van der Waals surface area contributed by atoms with Gasteiger partial charge in [-0.05, 0) is 31.2 Å². The van der Waals surface area contributed by atoms with E-state index in [2.05, 4.69) is 5.32 Å². The van der Waals surface area contributed by atoms with Gasteiger partial charge in [0.15, 0.2) is 17.5 Å². The Bertz CT molecular complexity index is 1010. The molecule has 0 bridgehead atoms. The molecule has 0 fully saturated rings. The number of rotatable bonds is 5. The van der Waals surface area contributed by atoms with Crippen molar-refractivity contribution in [1.82, 2.24) is 10.2 Å². The second-order valence-corrected chi connectivity index (χ2v) is 6.19. The normalized spacial score (nSPS) is 13.9. The van der Waals surface area contributed by atoms with Crippen LogP contribution in [-0.4, -0.2) is 41.1 Å². The van der Waals surface area contributed by atoms with Crippen LogP contribution in [0.4, 0.5) is 18.9 Å². The van der Waals surface area contributed by atoms with Gasteiger partial charge in [-0.2, -0.15) is 0 Å². The molecule has 0 aromatic heterocycles. The number of hydrogen-bond acceptors (Lipinski definition) is 4. The molecule has 7 nitrogen and oxygen atoms in total. The van der Waals surface area contributed by atoms with Crippen molar-refractivity contribution in [1.29, 1.82) is 0 Å². The zero-order chi connectivity index (χ0) is 21.3. The maximum absolute atomic E-state index is 13.6. The molecular weight excluding hydrogens is 391 g/mol. The van der Waals surface area contributed by atoms with Crippen LogP contribution in [0.2, 0.25) is 0 Å². The highest BCUT2D eigenvalue weighted by Gasteiger charge is 2.40. The number of hydrogen-bond donors (Lipinski definition) is 2. The Hall–Kier alpha value is -3.69. The lowest BCUT2D eigenvalue weighted by atomic mass is 10.1. The van der Waals surface area contributed by atoms with Gasteiger partial charge in [-0.25, -0.2) is 13.2 Å². The molecule has 29 heavy (non-hydrogen) atoms. The average Bonchev–Trinajstić information content (AvgIpc) is 2.96. The first kappa shape index (κ1) is 20.1.